The van der Waals surface area contributed by atoms with Crippen LogP contribution >= 0.6 is 0 Å². The maximum absolute atomic E-state index is 12.5. The molecule has 1 amide bonds. The van der Waals surface area contributed by atoms with Crippen LogP contribution in [0.2, 0.25) is 0 Å². The summed E-state index contributed by atoms with van der Waals surface area (Å²) in [6, 6.07) is 17.0. The lowest BCUT2D eigenvalue weighted by atomic mass is 10.1. The van der Waals surface area contributed by atoms with Gasteiger partial charge < -0.3 is 24.1 Å². The lowest BCUT2D eigenvalue weighted by molar-refractivity contribution is -0.120. The van der Waals surface area contributed by atoms with Crippen molar-refractivity contribution in [2.24, 2.45) is 7.05 Å². The summed E-state index contributed by atoms with van der Waals surface area (Å²) >= 11 is 0. The van der Waals surface area contributed by atoms with Crippen molar-refractivity contribution in [1.82, 2.24) is 29.7 Å². The molecule has 0 saturated heterocycles. The number of carbonyl (C=O) groups excluding carboxylic acids is 1. The monoisotopic (exact) mass is 486 g/mol. The lowest BCUT2D eigenvalue weighted by Gasteiger charge is -2.09. The second-order valence-corrected chi connectivity index (χ2v) is 8.19. The van der Waals surface area contributed by atoms with Crippen molar-refractivity contribution in [3.63, 3.8) is 0 Å². The maximum atomic E-state index is 12.5. The summed E-state index contributed by atoms with van der Waals surface area (Å²) in [5.74, 6) is 2.08. The third-order valence-electron chi connectivity index (χ3n) is 5.88. The number of benzene rings is 2. The fraction of sp³-hybridized carbons (Fsp3) is 0.231. The molecular formula is C26H26N6O4. The first kappa shape index (κ1) is 23.2. The van der Waals surface area contributed by atoms with Crippen LogP contribution in [0.3, 0.4) is 0 Å². The van der Waals surface area contributed by atoms with E-state index < -0.39 is 0 Å². The summed E-state index contributed by atoms with van der Waals surface area (Å²) in [5, 5.41) is 17.0. The molecule has 184 valence electrons. The van der Waals surface area contributed by atoms with E-state index in [0.717, 1.165) is 22.0 Å². The molecule has 0 bridgehead atoms. The smallest absolute Gasteiger partial charge is 0.231 e. The molecule has 5 aromatic rings. The summed E-state index contributed by atoms with van der Waals surface area (Å²) in [6.07, 6.45) is 2.30. The number of amides is 1. The van der Waals surface area contributed by atoms with E-state index in [2.05, 4.69) is 20.6 Å². The number of carbonyl (C=O) groups is 1. The van der Waals surface area contributed by atoms with Crippen LogP contribution in [-0.4, -0.2) is 57.7 Å². The largest absolute Gasteiger partial charge is 0.493 e. The molecule has 0 saturated carbocycles. The fourth-order valence-electron chi connectivity index (χ4n) is 4.15. The zero-order chi connectivity index (χ0) is 25.1. The van der Waals surface area contributed by atoms with Crippen LogP contribution in [0.15, 0.2) is 60.8 Å². The maximum Gasteiger partial charge on any atom is 0.231 e. The molecule has 10 nitrogen and oxygen atoms in total. The normalized spacial score (nSPS) is 11.1. The van der Waals surface area contributed by atoms with E-state index in [1.165, 1.54) is 0 Å². The predicted molar refractivity (Wildman–Crippen MR) is 134 cm³/mol. The Morgan fingerprint density at radius 3 is 2.67 bits per heavy atom. The number of nitrogens with zero attached hydrogens (tertiary/aromatic N) is 5. The topological polar surface area (TPSA) is 105 Å². The van der Waals surface area contributed by atoms with Crippen LogP contribution < -0.4 is 19.5 Å². The van der Waals surface area contributed by atoms with E-state index in [4.69, 9.17) is 14.2 Å². The van der Waals surface area contributed by atoms with Crippen molar-refractivity contribution in [1.29, 1.82) is 0 Å². The van der Waals surface area contributed by atoms with E-state index in [9.17, 15) is 4.79 Å². The van der Waals surface area contributed by atoms with Gasteiger partial charge in [-0.25, -0.2) is 0 Å². The van der Waals surface area contributed by atoms with Crippen LogP contribution in [0.25, 0.3) is 27.9 Å². The van der Waals surface area contributed by atoms with Gasteiger partial charge in [0.05, 0.1) is 27.2 Å². The van der Waals surface area contributed by atoms with Crippen LogP contribution in [0.4, 0.5) is 0 Å². The van der Waals surface area contributed by atoms with Crippen molar-refractivity contribution >= 4 is 22.5 Å². The minimum absolute atomic E-state index is 0.0621. The molecule has 36 heavy (non-hydrogen) atoms. The number of hydrogen-bond donors (Lipinski definition) is 1. The van der Waals surface area contributed by atoms with E-state index in [1.807, 2.05) is 54.2 Å². The van der Waals surface area contributed by atoms with Crippen molar-refractivity contribution in [3.8, 4) is 28.8 Å². The molecule has 0 atom stereocenters. The molecular weight excluding hydrogens is 460 g/mol. The zero-order valence-corrected chi connectivity index (χ0v) is 20.3. The lowest BCUT2D eigenvalue weighted by Crippen LogP contribution is -2.29. The Morgan fingerprint density at radius 2 is 1.83 bits per heavy atom. The molecule has 0 spiro atoms. The van der Waals surface area contributed by atoms with Gasteiger partial charge in [0.25, 0.3) is 0 Å². The number of aromatic nitrogens is 5. The van der Waals surface area contributed by atoms with Gasteiger partial charge >= 0.3 is 0 Å². The molecule has 0 radical (unpaired) electrons. The van der Waals surface area contributed by atoms with Crippen molar-refractivity contribution in [3.05, 3.63) is 66.4 Å². The van der Waals surface area contributed by atoms with Gasteiger partial charge in [0.2, 0.25) is 11.8 Å². The molecule has 2 aromatic carbocycles. The number of methoxy groups -OCH3 is 2. The highest BCUT2D eigenvalue weighted by Crippen LogP contribution is 2.31. The number of ether oxygens (including phenoxy) is 3. The van der Waals surface area contributed by atoms with Crippen LogP contribution in [0.1, 0.15) is 5.56 Å². The third kappa shape index (κ3) is 4.52. The van der Waals surface area contributed by atoms with Gasteiger partial charge in [0.1, 0.15) is 6.61 Å². The van der Waals surface area contributed by atoms with Gasteiger partial charge in [-0.2, -0.15) is 4.52 Å². The van der Waals surface area contributed by atoms with E-state index in [-0.39, 0.29) is 12.5 Å². The van der Waals surface area contributed by atoms with Gasteiger partial charge in [-0.05, 0) is 35.9 Å². The van der Waals surface area contributed by atoms with Gasteiger partial charge in [-0.1, -0.05) is 18.2 Å². The minimum atomic E-state index is -0.0621. The standard InChI is InChI=1S/C26H26N6O4/c1-31-16-18(19-6-4-5-7-20(19)31)15-24(33)27-12-13-36-25-11-10-23-28-29-26(32(23)30-25)17-8-9-21(34-2)22(14-17)35-3/h4-11,14,16H,12-13,15H2,1-3H3,(H,27,33). The first-order chi connectivity index (χ1) is 17.6. The number of aryl methyl sites for hydroxylation is 1. The molecule has 10 heteroatoms. The van der Waals surface area contributed by atoms with Gasteiger partial charge in [0, 0.05) is 35.8 Å². The molecule has 0 fully saturated rings. The summed E-state index contributed by atoms with van der Waals surface area (Å²) in [6.45, 7) is 0.627. The number of rotatable bonds is 9. The third-order valence-corrected chi connectivity index (χ3v) is 5.88. The SMILES string of the molecule is COc1ccc(-c2nnc3ccc(OCCNC(=O)Cc4cn(C)c5ccccc45)nn23)cc1OC. The number of para-hydroxylation sites is 1. The highest BCUT2D eigenvalue weighted by molar-refractivity contribution is 5.89. The summed E-state index contributed by atoms with van der Waals surface area (Å²) < 4.78 is 20.1. The minimum Gasteiger partial charge on any atom is -0.493 e. The number of hydrogen-bond acceptors (Lipinski definition) is 7. The molecule has 3 aromatic heterocycles. The Kier molecular flexibility index (Phi) is 6.40. The Bertz CT molecular complexity index is 1540. The Labute approximate surface area is 207 Å². The summed E-state index contributed by atoms with van der Waals surface area (Å²) in [4.78, 5) is 12.5. The number of nitrogens with one attached hydrogen (secondary N) is 1. The highest BCUT2D eigenvalue weighted by Gasteiger charge is 2.14. The Balaban J connectivity index is 1.22. The van der Waals surface area contributed by atoms with Gasteiger partial charge in [0.15, 0.2) is 23.0 Å². The van der Waals surface area contributed by atoms with E-state index in [0.29, 0.717) is 41.8 Å². The zero-order valence-electron chi connectivity index (χ0n) is 20.3. The highest BCUT2D eigenvalue weighted by atomic mass is 16.5. The molecule has 0 aliphatic heterocycles. The van der Waals surface area contributed by atoms with Crippen molar-refractivity contribution in [2.45, 2.75) is 6.42 Å². The molecule has 0 aliphatic rings. The first-order valence-electron chi connectivity index (χ1n) is 11.4. The fourth-order valence-corrected chi connectivity index (χ4v) is 4.15. The van der Waals surface area contributed by atoms with Crippen molar-refractivity contribution < 1.29 is 19.0 Å². The second-order valence-electron chi connectivity index (χ2n) is 8.19. The second kappa shape index (κ2) is 9.95. The summed E-state index contributed by atoms with van der Waals surface area (Å²) in [5.41, 5.74) is 3.45. The number of fused-ring (bicyclic) bond motifs is 2. The average molecular weight is 487 g/mol. The van der Waals surface area contributed by atoms with Crippen molar-refractivity contribution in [2.75, 3.05) is 27.4 Å². The average Bonchev–Trinajstić information content (AvgIpc) is 3.47. The summed E-state index contributed by atoms with van der Waals surface area (Å²) in [7, 11) is 5.14. The van der Waals surface area contributed by atoms with Gasteiger partial charge in [-0.3, -0.25) is 4.79 Å². The Hall–Kier alpha value is -4.60. The quantitative estimate of drug-likeness (QED) is 0.319. The van der Waals surface area contributed by atoms with E-state index >= 15 is 0 Å². The Morgan fingerprint density at radius 1 is 1.00 bits per heavy atom. The molecule has 3 heterocycles. The van der Waals surface area contributed by atoms with Gasteiger partial charge in [-0.15, -0.1) is 15.3 Å². The van der Waals surface area contributed by atoms with Crippen LogP contribution in [0, 0.1) is 0 Å². The molecule has 0 aliphatic carbocycles. The molecule has 1 N–H and O–H groups in total. The van der Waals surface area contributed by atoms with Crippen LogP contribution in [0.5, 0.6) is 17.4 Å². The molecule has 5 rings (SSSR count). The predicted octanol–water partition coefficient (Wildman–Crippen LogP) is 3.04. The van der Waals surface area contributed by atoms with E-state index in [1.54, 1.807) is 36.9 Å². The first-order valence-corrected chi connectivity index (χ1v) is 11.4. The van der Waals surface area contributed by atoms with Crippen LogP contribution in [-0.2, 0) is 18.3 Å². The molecule has 0 unspecified atom stereocenters.